The van der Waals surface area contributed by atoms with Crippen LogP contribution >= 0.6 is 11.3 Å². The molecule has 9 nitrogen and oxygen atoms in total. The minimum Gasteiger partial charge on any atom is -0.486 e. The number of hydrogen-bond acceptors (Lipinski definition) is 9. The van der Waals surface area contributed by atoms with Gasteiger partial charge in [0.25, 0.3) is 5.91 Å². The molecule has 6 rings (SSSR count). The van der Waals surface area contributed by atoms with Crippen molar-refractivity contribution in [1.82, 2.24) is 20.2 Å². The van der Waals surface area contributed by atoms with Crippen molar-refractivity contribution in [3.05, 3.63) is 40.7 Å². The number of aromatic nitrogens is 2. The molecule has 1 N–H and O–H groups in total. The van der Waals surface area contributed by atoms with Crippen LogP contribution in [0.1, 0.15) is 36.5 Å². The molecule has 44 heavy (non-hydrogen) atoms. The first-order valence-electron chi connectivity index (χ1n) is 13.5. The highest BCUT2D eigenvalue weighted by molar-refractivity contribution is 7.19. The van der Waals surface area contributed by atoms with E-state index in [4.69, 9.17) is 4.74 Å². The summed E-state index contributed by atoms with van der Waals surface area (Å²) in [5.74, 6) is -5.54. The lowest BCUT2D eigenvalue weighted by molar-refractivity contribution is -0.209. The van der Waals surface area contributed by atoms with Gasteiger partial charge in [-0.05, 0) is 38.1 Å². The molecular weight excluding hydrogens is 618 g/mol. The molecule has 1 aliphatic carbocycles. The Labute approximate surface area is 249 Å². The topological polar surface area (TPSA) is 111 Å². The Morgan fingerprint density at radius 3 is 2.52 bits per heavy atom. The molecule has 0 spiro atoms. The second-order valence-corrected chi connectivity index (χ2v) is 12.6. The molecule has 2 aliphatic heterocycles. The van der Waals surface area contributed by atoms with Crippen molar-refractivity contribution in [2.45, 2.75) is 57.8 Å². The number of hydrogen-bond donors (Lipinski definition) is 1. The van der Waals surface area contributed by atoms with Crippen LogP contribution in [0.3, 0.4) is 0 Å². The van der Waals surface area contributed by atoms with Gasteiger partial charge in [0.05, 0.1) is 28.4 Å². The number of nitrogens with zero attached hydrogens (tertiary/aromatic N) is 3. The maximum atomic E-state index is 13.8. The molecule has 0 bridgehead atoms. The predicted octanol–water partition coefficient (Wildman–Crippen LogP) is 4.80. The minimum absolute atomic E-state index is 0.0391. The Morgan fingerprint density at radius 2 is 1.89 bits per heavy atom. The molecule has 1 saturated carbocycles. The van der Waals surface area contributed by atoms with Crippen LogP contribution in [0.4, 0.5) is 26.3 Å². The van der Waals surface area contributed by atoms with E-state index in [9.17, 15) is 40.7 Å². The monoisotopic (exact) mass is 642 g/mol. The molecule has 234 valence electrons. The standard InChI is InChI=1S/C28H24F6N4O5S/c1-12-19(42-13-4-6-35-10-13)16(9-18(37-12)27(29,30)31)15-5-7-36-17-8-14(44-20(15)17)11-38-22(39)21-25(2,3)26(21,23(38)40)43-24(41)28(32,33)34/h5,7-9,13,21,35H,4,6,10-11H2,1-3H3. The molecule has 3 atom stereocenters. The number of halogens is 6. The van der Waals surface area contributed by atoms with Crippen molar-refractivity contribution >= 4 is 39.3 Å². The number of likely N-dealkylation sites (tertiary alicyclic amines) is 1. The lowest BCUT2D eigenvalue weighted by Gasteiger charge is -2.24. The normalized spacial score (nSPS) is 24.6. The summed E-state index contributed by atoms with van der Waals surface area (Å²) < 4.78 is 91.6. The summed E-state index contributed by atoms with van der Waals surface area (Å²) in [5, 5.41) is 3.14. The number of ether oxygens (including phenoxy) is 2. The number of carbonyl (C=O) groups is 3. The Hall–Kier alpha value is -3.79. The van der Waals surface area contributed by atoms with Gasteiger partial charge in [-0.25, -0.2) is 9.78 Å². The minimum atomic E-state index is -5.36. The van der Waals surface area contributed by atoms with Gasteiger partial charge in [-0.15, -0.1) is 11.3 Å². The summed E-state index contributed by atoms with van der Waals surface area (Å²) in [6, 6.07) is 3.96. The van der Waals surface area contributed by atoms with E-state index < -0.39 is 52.8 Å². The molecule has 2 saturated heterocycles. The number of thiophene rings is 1. The summed E-state index contributed by atoms with van der Waals surface area (Å²) in [4.78, 5) is 47.4. The van der Waals surface area contributed by atoms with Crippen molar-refractivity contribution in [2.24, 2.45) is 11.3 Å². The number of alkyl halides is 6. The van der Waals surface area contributed by atoms with E-state index in [1.807, 2.05) is 0 Å². The van der Waals surface area contributed by atoms with Gasteiger partial charge in [0.1, 0.15) is 17.5 Å². The van der Waals surface area contributed by atoms with Gasteiger partial charge in [0.15, 0.2) is 0 Å². The average Bonchev–Trinajstić information content (AvgIpc) is 3.42. The average molecular weight is 643 g/mol. The fourth-order valence-corrected chi connectivity index (χ4v) is 7.26. The number of amides is 2. The zero-order valence-electron chi connectivity index (χ0n) is 23.4. The van der Waals surface area contributed by atoms with Crippen LogP contribution in [0.15, 0.2) is 24.4 Å². The van der Waals surface area contributed by atoms with E-state index in [0.717, 1.165) is 22.3 Å². The highest BCUT2D eigenvalue weighted by Gasteiger charge is 2.88. The molecule has 2 amide bonds. The van der Waals surface area contributed by atoms with Crippen molar-refractivity contribution < 1.29 is 50.2 Å². The maximum absolute atomic E-state index is 13.8. The van der Waals surface area contributed by atoms with E-state index in [-0.39, 0.29) is 29.7 Å². The number of piperidine rings is 1. The van der Waals surface area contributed by atoms with Gasteiger partial charge in [0.2, 0.25) is 11.5 Å². The van der Waals surface area contributed by atoms with Crippen molar-refractivity contribution in [3.63, 3.8) is 0 Å². The third-order valence-corrected chi connectivity index (χ3v) is 9.50. The van der Waals surface area contributed by atoms with Crippen molar-refractivity contribution in [3.8, 4) is 16.9 Å². The van der Waals surface area contributed by atoms with E-state index in [2.05, 4.69) is 20.0 Å². The number of imide groups is 1. The van der Waals surface area contributed by atoms with Gasteiger partial charge in [-0.3, -0.25) is 19.5 Å². The van der Waals surface area contributed by atoms with Crippen LogP contribution in [0.25, 0.3) is 21.3 Å². The Morgan fingerprint density at radius 1 is 1.16 bits per heavy atom. The van der Waals surface area contributed by atoms with Crippen LogP contribution in [0.5, 0.6) is 5.75 Å². The molecule has 16 heteroatoms. The Kier molecular flexibility index (Phi) is 6.78. The van der Waals surface area contributed by atoms with E-state index >= 15 is 0 Å². The van der Waals surface area contributed by atoms with Crippen LogP contribution in [0.2, 0.25) is 0 Å². The quantitative estimate of drug-likeness (QED) is 0.232. The molecule has 5 heterocycles. The number of pyridine rings is 2. The maximum Gasteiger partial charge on any atom is 0.490 e. The summed E-state index contributed by atoms with van der Waals surface area (Å²) in [7, 11) is 0. The Balaban J connectivity index is 1.36. The summed E-state index contributed by atoms with van der Waals surface area (Å²) in [6.07, 6.45) is -8.35. The number of carbonyl (C=O) groups excluding carboxylic acids is 3. The SMILES string of the molecule is Cc1nc(C(F)(F)F)cc(-c2ccnc3cc(CN4C(=O)C5C(C)(C)C5(OC(=O)C(F)(F)F)C4=O)sc23)c1OC1CCNC1. The van der Waals surface area contributed by atoms with E-state index in [1.165, 1.54) is 39.1 Å². The highest BCUT2D eigenvalue weighted by atomic mass is 32.1. The van der Waals surface area contributed by atoms with Gasteiger partial charge in [-0.1, -0.05) is 13.8 Å². The number of fused-ring (bicyclic) bond motifs is 2. The third-order valence-electron chi connectivity index (χ3n) is 8.36. The van der Waals surface area contributed by atoms with Gasteiger partial charge >= 0.3 is 18.3 Å². The number of esters is 1. The molecule has 0 radical (unpaired) electrons. The predicted molar refractivity (Wildman–Crippen MR) is 142 cm³/mol. The van der Waals surface area contributed by atoms with E-state index in [1.54, 1.807) is 0 Å². The van der Waals surface area contributed by atoms with Crippen molar-refractivity contribution in [2.75, 3.05) is 13.1 Å². The lowest BCUT2D eigenvalue weighted by atomic mass is 10.0. The number of rotatable bonds is 6. The highest BCUT2D eigenvalue weighted by Crippen LogP contribution is 2.69. The van der Waals surface area contributed by atoms with Gasteiger partial charge < -0.3 is 14.8 Å². The third kappa shape index (κ3) is 4.60. The van der Waals surface area contributed by atoms with Crippen LogP contribution in [-0.4, -0.2) is 63.6 Å². The lowest BCUT2D eigenvalue weighted by Crippen LogP contribution is -2.45. The first-order valence-corrected chi connectivity index (χ1v) is 14.3. The fourth-order valence-electron chi connectivity index (χ4n) is 6.13. The summed E-state index contributed by atoms with van der Waals surface area (Å²) >= 11 is 1.05. The molecule has 3 aromatic rings. The summed E-state index contributed by atoms with van der Waals surface area (Å²) in [6.45, 7) is 4.99. The van der Waals surface area contributed by atoms with Gasteiger partial charge in [0, 0.05) is 34.2 Å². The first-order chi connectivity index (χ1) is 20.5. The fraction of sp³-hybridized carbons (Fsp3) is 0.464. The zero-order chi connectivity index (χ0) is 32.0. The largest absolute Gasteiger partial charge is 0.490 e. The van der Waals surface area contributed by atoms with Crippen LogP contribution in [0, 0.1) is 18.3 Å². The van der Waals surface area contributed by atoms with E-state index in [0.29, 0.717) is 40.2 Å². The smallest absolute Gasteiger partial charge is 0.486 e. The second kappa shape index (κ2) is 9.86. The zero-order valence-corrected chi connectivity index (χ0v) is 24.2. The molecule has 0 aromatic carbocycles. The molecular formula is C28H24F6N4O5S. The summed E-state index contributed by atoms with van der Waals surface area (Å²) in [5.41, 5.74) is -3.86. The van der Waals surface area contributed by atoms with Gasteiger partial charge in [-0.2, -0.15) is 26.3 Å². The Bertz CT molecular complexity index is 1710. The molecule has 3 aliphatic rings. The first kappa shape index (κ1) is 30.2. The molecule has 3 unspecified atom stereocenters. The van der Waals surface area contributed by atoms with Crippen LogP contribution < -0.4 is 10.1 Å². The van der Waals surface area contributed by atoms with Crippen molar-refractivity contribution in [1.29, 1.82) is 0 Å². The van der Waals surface area contributed by atoms with Crippen LogP contribution in [-0.2, 0) is 31.8 Å². The molecule has 3 fully saturated rings. The number of aryl methyl sites for hydroxylation is 1. The molecule has 3 aromatic heterocycles. The number of nitrogens with one attached hydrogen (secondary N) is 1. The second-order valence-electron chi connectivity index (χ2n) is 11.5.